The van der Waals surface area contributed by atoms with Gasteiger partial charge in [-0.15, -0.1) is 10.2 Å². The van der Waals surface area contributed by atoms with Crippen LogP contribution in [0.4, 0.5) is 9.59 Å². The average molecular weight is 437 g/mol. The SMILES string of the molecule is CC(C)(C)OC(=O)NC1CCN(CCc2nnc([C@@H]3CC[C@H]4CN3C(=O)N4O)o2)CC1. The lowest BCUT2D eigenvalue weighted by Crippen LogP contribution is -2.46. The number of carbonyl (C=O) groups is 2. The highest BCUT2D eigenvalue weighted by Crippen LogP contribution is 2.36. The van der Waals surface area contributed by atoms with Gasteiger partial charge in [0.15, 0.2) is 0 Å². The smallest absolute Gasteiger partial charge is 0.407 e. The minimum absolute atomic E-state index is 0.125. The first-order chi connectivity index (χ1) is 14.7. The van der Waals surface area contributed by atoms with E-state index < -0.39 is 11.6 Å². The van der Waals surface area contributed by atoms with E-state index >= 15 is 0 Å². The molecule has 0 spiro atoms. The molecule has 31 heavy (non-hydrogen) atoms. The van der Waals surface area contributed by atoms with Gasteiger partial charge in [-0.3, -0.25) is 5.21 Å². The highest BCUT2D eigenvalue weighted by molar-refractivity contribution is 5.76. The Hall–Kier alpha value is -2.40. The first-order valence-corrected chi connectivity index (χ1v) is 11.0. The number of nitrogens with zero attached hydrogens (tertiary/aromatic N) is 5. The van der Waals surface area contributed by atoms with E-state index in [1.807, 2.05) is 20.8 Å². The van der Waals surface area contributed by atoms with Crippen molar-refractivity contribution in [2.24, 2.45) is 0 Å². The zero-order valence-corrected chi connectivity index (χ0v) is 18.4. The van der Waals surface area contributed by atoms with Gasteiger partial charge < -0.3 is 24.3 Å². The molecule has 0 radical (unpaired) electrons. The molecule has 3 saturated heterocycles. The standard InChI is InChI=1S/C20H32N6O5/c1-20(2,3)31-18(27)21-13-6-9-24(10-7-13)11-8-16-22-23-17(30-16)15-5-4-14-12-25(15)19(28)26(14)29/h13-15,29H,4-12H2,1-3H3,(H,21,27)/t14-,15-/m0/s1. The second kappa shape index (κ2) is 8.62. The van der Waals surface area contributed by atoms with E-state index in [0.29, 0.717) is 37.6 Å². The molecule has 3 aliphatic heterocycles. The number of aromatic nitrogens is 2. The highest BCUT2D eigenvalue weighted by atomic mass is 16.6. The van der Waals surface area contributed by atoms with Gasteiger partial charge in [0.1, 0.15) is 11.6 Å². The Kier molecular flexibility index (Phi) is 6.07. The maximum atomic E-state index is 12.1. The third-order valence-corrected chi connectivity index (χ3v) is 6.06. The van der Waals surface area contributed by atoms with Crippen LogP contribution in [0.2, 0.25) is 0 Å². The second-order valence-corrected chi connectivity index (χ2v) is 9.57. The summed E-state index contributed by atoms with van der Waals surface area (Å²) >= 11 is 0. The second-order valence-electron chi connectivity index (χ2n) is 9.57. The van der Waals surface area contributed by atoms with E-state index in [0.717, 1.165) is 37.5 Å². The lowest BCUT2D eigenvalue weighted by molar-refractivity contribution is -0.0584. The van der Waals surface area contributed by atoms with E-state index in [2.05, 4.69) is 20.4 Å². The number of carbonyl (C=O) groups excluding carboxylic acids is 2. The molecule has 1 aromatic rings. The van der Waals surface area contributed by atoms with Crippen LogP contribution in [0.5, 0.6) is 0 Å². The number of amides is 3. The summed E-state index contributed by atoms with van der Waals surface area (Å²) in [5.74, 6) is 0.996. The number of hydrogen-bond acceptors (Lipinski definition) is 8. The number of ether oxygens (including phenoxy) is 1. The van der Waals surface area contributed by atoms with Crippen LogP contribution < -0.4 is 5.32 Å². The molecule has 11 nitrogen and oxygen atoms in total. The molecule has 3 amide bonds. The molecule has 4 heterocycles. The van der Waals surface area contributed by atoms with Crippen molar-refractivity contribution in [1.82, 2.24) is 30.4 Å². The molecule has 0 aromatic carbocycles. The van der Waals surface area contributed by atoms with Crippen LogP contribution in [-0.4, -0.2) is 86.3 Å². The summed E-state index contributed by atoms with van der Waals surface area (Å²) in [5, 5.41) is 21.9. The van der Waals surface area contributed by atoms with Crippen LogP contribution >= 0.6 is 0 Å². The quantitative estimate of drug-likeness (QED) is 0.671. The van der Waals surface area contributed by atoms with Gasteiger partial charge in [0, 0.05) is 38.6 Å². The minimum Gasteiger partial charge on any atom is -0.444 e. The molecule has 4 rings (SSSR count). The molecule has 2 bridgehead atoms. The summed E-state index contributed by atoms with van der Waals surface area (Å²) in [7, 11) is 0. The van der Waals surface area contributed by atoms with Gasteiger partial charge in [0.05, 0.1) is 6.04 Å². The molecule has 172 valence electrons. The van der Waals surface area contributed by atoms with Crippen molar-refractivity contribution in [2.75, 3.05) is 26.2 Å². The summed E-state index contributed by atoms with van der Waals surface area (Å²) in [6.45, 7) is 8.60. The summed E-state index contributed by atoms with van der Waals surface area (Å²) in [5.41, 5.74) is -0.493. The minimum atomic E-state index is -0.493. The summed E-state index contributed by atoms with van der Waals surface area (Å²) < 4.78 is 11.2. The van der Waals surface area contributed by atoms with Crippen LogP contribution in [-0.2, 0) is 11.2 Å². The summed E-state index contributed by atoms with van der Waals surface area (Å²) in [4.78, 5) is 28.0. The molecule has 3 aliphatic rings. The van der Waals surface area contributed by atoms with E-state index in [1.54, 1.807) is 4.90 Å². The number of urea groups is 1. The Bertz CT molecular complexity index is 800. The van der Waals surface area contributed by atoms with E-state index in [9.17, 15) is 14.8 Å². The molecule has 1 aromatic heterocycles. The van der Waals surface area contributed by atoms with Gasteiger partial charge in [-0.2, -0.15) is 0 Å². The van der Waals surface area contributed by atoms with E-state index in [4.69, 9.17) is 9.15 Å². The molecule has 0 aliphatic carbocycles. The zero-order chi connectivity index (χ0) is 22.2. The largest absolute Gasteiger partial charge is 0.444 e. The molecular weight excluding hydrogens is 404 g/mol. The fraction of sp³-hybridized carbons (Fsp3) is 0.800. The third-order valence-electron chi connectivity index (χ3n) is 6.06. The van der Waals surface area contributed by atoms with Crippen molar-refractivity contribution in [3.05, 3.63) is 11.8 Å². The monoisotopic (exact) mass is 436 g/mol. The Morgan fingerprint density at radius 3 is 2.68 bits per heavy atom. The Balaban J connectivity index is 1.21. The number of alkyl carbamates (subject to hydrolysis) is 1. The van der Waals surface area contributed by atoms with E-state index in [-0.39, 0.29) is 24.2 Å². The van der Waals surface area contributed by atoms with Crippen molar-refractivity contribution >= 4 is 12.1 Å². The molecule has 2 atom stereocenters. The predicted octanol–water partition coefficient (Wildman–Crippen LogP) is 1.93. The van der Waals surface area contributed by atoms with Crippen molar-refractivity contribution in [2.45, 2.75) is 76.6 Å². The molecule has 11 heteroatoms. The normalized spacial score (nSPS) is 25.2. The van der Waals surface area contributed by atoms with Crippen molar-refractivity contribution in [3.63, 3.8) is 0 Å². The van der Waals surface area contributed by atoms with E-state index in [1.165, 1.54) is 0 Å². The summed E-state index contributed by atoms with van der Waals surface area (Å²) in [6.07, 6.45) is 3.42. The Morgan fingerprint density at radius 1 is 1.23 bits per heavy atom. The number of fused-ring (bicyclic) bond motifs is 2. The first kappa shape index (κ1) is 21.8. The first-order valence-electron chi connectivity index (χ1n) is 11.0. The van der Waals surface area contributed by atoms with Crippen molar-refractivity contribution in [3.8, 4) is 0 Å². The molecule has 0 saturated carbocycles. The number of piperidine rings is 2. The van der Waals surface area contributed by atoms with Crippen LogP contribution in [0.25, 0.3) is 0 Å². The Labute approximate surface area is 181 Å². The lowest BCUT2D eigenvalue weighted by atomic mass is 10.0. The van der Waals surface area contributed by atoms with Gasteiger partial charge in [0.25, 0.3) is 0 Å². The molecular formula is C20H32N6O5. The number of hydroxylamine groups is 2. The fourth-order valence-corrected chi connectivity index (χ4v) is 4.44. The zero-order valence-electron chi connectivity index (χ0n) is 18.4. The van der Waals surface area contributed by atoms with Gasteiger partial charge in [0.2, 0.25) is 11.8 Å². The highest BCUT2D eigenvalue weighted by Gasteiger charge is 2.46. The maximum Gasteiger partial charge on any atom is 0.407 e. The van der Waals surface area contributed by atoms with Gasteiger partial charge in [-0.05, 0) is 46.5 Å². The third kappa shape index (κ3) is 5.09. The number of rotatable bonds is 5. The fourth-order valence-electron chi connectivity index (χ4n) is 4.44. The average Bonchev–Trinajstić information content (AvgIpc) is 3.26. The predicted molar refractivity (Wildman–Crippen MR) is 108 cm³/mol. The van der Waals surface area contributed by atoms with Gasteiger partial charge in [-0.25, -0.2) is 14.7 Å². The Morgan fingerprint density at radius 2 is 1.97 bits per heavy atom. The number of nitrogens with one attached hydrogen (secondary N) is 1. The lowest BCUT2D eigenvalue weighted by Gasteiger charge is -2.32. The van der Waals surface area contributed by atoms with Crippen LogP contribution in [0.15, 0.2) is 4.42 Å². The van der Waals surface area contributed by atoms with Gasteiger partial charge in [-0.1, -0.05) is 0 Å². The van der Waals surface area contributed by atoms with Crippen molar-refractivity contribution < 1.29 is 24.0 Å². The summed E-state index contributed by atoms with van der Waals surface area (Å²) in [6, 6.07) is -0.675. The van der Waals surface area contributed by atoms with Gasteiger partial charge >= 0.3 is 12.1 Å². The van der Waals surface area contributed by atoms with Crippen LogP contribution in [0.1, 0.15) is 64.3 Å². The molecule has 2 N–H and O–H groups in total. The molecule has 3 fully saturated rings. The topological polar surface area (TPSA) is 124 Å². The van der Waals surface area contributed by atoms with Crippen LogP contribution in [0.3, 0.4) is 0 Å². The van der Waals surface area contributed by atoms with Crippen LogP contribution in [0, 0.1) is 0 Å². The number of likely N-dealkylation sites (tertiary alicyclic amines) is 1. The maximum absolute atomic E-state index is 12.1. The molecule has 0 unspecified atom stereocenters. The van der Waals surface area contributed by atoms with Crippen molar-refractivity contribution in [1.29, 1.82) is 0 Å². The number of hydrogen-bond donors (Lipinski definition) is 2.